The lowest BCUT2D eigenvalue weighted by molar-refractivity contribution is -0.125. The zero-order chi connectivity index (χ0) is 16.7. The highest BCUT2D eigenvalue weighted by Crippen LogP contribution is 2.15. The van der Waals surface area contributed by atoms with E-state index in [1.54, 1.807) is 32.2 Å². The third-order valence-corrected chi connectivity index (χ3v) is 3.56. The van der Waals surface area contributed by atoms with E-state index < -0.39 is 0 Å². The first kappa shape index (κ1) is 17.6. The molecule has 0 radical (unpaired) electrons. The summed E-state index contributed by atoms with van der Waals surface area (Å²) in [5.74, 6) is -0.656. The molecule has 6 heteroatoms. The monoisotopic (exact) mass is 304 g/mol. The topological polar surface area (TPSA) is 83.6 Å². The third-order valence-electron chi connectivity index (χ3n) is 3.56. The van der Waals surface area contributed by atoms with Crippen molar-refractivity contribution in [1.29, 1.82) is 0 Å². The van der Waals surface area contributed by atoms with Gasteiger partial charge in [0.2, 0.25) is 12.3 Å². The molecule has 1 aromatic rings. The molecule has 1 unspecified atom stereocenters. The van der Waals surface area contributed by atoms with Crippen LogP contribution >= 0.6 is 0 Å². The zero-order valence-corrected chi connectivity index (χ0v) is 13.0. The summed E-state index contributed by atoms with van der Waals surface area (Å²) in [7, 11) is 1.62. The second kappa shape index (κ2) is 8.07. The number of rotatable bonds is 7. The van der Waals surface area contributed by atoms with Crippen LogP contribution in [-0.2, 0) is 9.59 Å². The van der Waals surface area contributed by atoms with Gasteiger partial charge in [-0.2, -0.15) is 0 Å². The Morgan fingerprint density at radius 3 is 2.59 bits per heavy atom. The van der Waals surface area contributed by atoms with Crippen LogP contribution in [-0.4, -0.2) is 42.5 Å². The van der Waals surface area contributed by atoms with Crippen molar-refractivity contribution in [2.75, 3.05) is 7.05 Å². The largest absolute Gasteiger partial charge is 0.339 e. The molecule has 0 aliphatic carbocycles. The van der Waals surface area contributed by atoms with Crippen LogP contribution in [0.25, 0.3) is 0 Å². The second-order valence-corrected chi connectivity index (χ2v) is 5.20. The molecule has 22 heavy (non-hydrogen) atoms. The number of hydrogen-bond donors (Lipinski definition) is 1. The van der Waals surface area contributed by atoms with Gasteiger partial charge in [-0.25, -0.2) is 0 Å². The fourth-order valence-corrected chi connectivity index (χ4v) is 2.04. The number of carbonyl (C=O) groups excluding carboxylic acids is 4. The summed E-state index contributed by atoms with van der Waals surface area (Å²) in [6, 6.07) is 4.86. The SMILES string of the molecule is Cc1ccc(C(=O)N(C)C(C)CCC(=O)NC=O)c(C=O)c1. The highest BCUT2D eigenvalue weighted by molar-refractivity contribution is 6.01. The maximum Gasteiger partial charge on any atom is 0.254 e. The normalized spacial score (nSPS) is 11.4. The summed E-state index contributed by atoms with van der Waals surface area (Å²) >= 11 is 0. The van der Waals surface area contributed by atoms with E-state index in [1.165, 1.54) is 4.90 Å². The highest BCUT2D eigenvalue weighted by Gasteiger charge is 2.20. The third kappa shape index (κ3) is 4.51. The first-order valence-electron chi connectivity index (χ1n) is 6.96. The lowest BCUT2D eigenvalue weighted by Crippen LogP contribution is -2.36. The number of amides is 3. The van der Waals surface area contributed by atoms with E-state index in [1.807, 2.05) is 6.92 Å². The van der Waals surface area contributed by atoms with E-state index in [4.69, 9.17) is 0 Å². The van der Waals surface area contributed by atoms with Gasteiger partial charge in [-0.1, -0.05) is 11.6 Å². The minimum Gasteiger partial charge on any atom is -0.339 e. The van der Waals surface area contributed by atoms with Crippen molar-refractivity contribution < 1.29 is 19.2 Å². The molecule has 0 aliphatic rings. The molecular formula is C16H20N2O4. The molecule has 3 amide bonds. The smallest absolute Gasteiger partial charge is 0.254 e. The van der Waals surface area contributed by atoms with Gasteiger partial charge < -0.3 is 4.90 Å². The molecule has 0 aromatic heterocycles. The number of carbonyl (C=O) groups is 4. The van der Waals surface area contributed by atoms with Gasteiger partial charge in [-0.05, 0) is 32.4 Å². The summed E-state index contributed by atoms with van der Waals surface area (Å²) in [5, 5.41) is 2.06. The Balaban J connectivity index is 2.77. The average molecular weight is 304 g/mol. The van der Waals surface area contributed by atoms with Crippen LogP contribution in [0.3, 0.4) is 0 Å². The van der Waals surface area contributed by atoms with Crippen molar-refractivity contribution in [1.82, 2.24) is 10.2 Å². The molecular weight excluding hydrogens is 284 g/mol. The van der Waals surface area contributed by atoms with Gasteiger partial charge in [0, 0.05) is 25.1 Å². The van der Waals surface area contributed by atoms with Crippen LogP contribution in [0.2, 0.25) is 0 Å². The summed E-state index contributed by atoms with van der Waals surface area (Å²) in [6.45, 7) is 3.65. The Labute approximate surface area is 129 Å². The van der Waals surface area contributed by atoms with Crippen molar-refractivity contribution in [3.8, 4) is 0 Å². The van der Waals surface area contributed by atoms with E-state index in [0.29, 0.717) is 30.2 Å². The molecule has 6 nitrogen and oxygen atoms in total. The minimum atomic E-state index is -0.383. The first-order valence-corrected chi connectivity index (χ1v) is 6.96. The molecule has 0 fully saturated rings. The van der Waals surface area contributed by atoms with Gasteiger partial charge in [-0.3, -0.25) is 24.5 Å². The average Bonchev–Trinajstić information content (AvgIpc) is 2.51. The zero-order valence-electron chi connectivity index (χ0n) is 13.0. The molecule has 0 saturated carbocycles. The van der Waals surface area contributed by atoms with Crippen LogP contribution in [0.4, 0.5) is 0 Å². The van der Waals surface area contributed by atoms with Crippen LogP contribution in [0, 0.1) is 6.92 Å². The maximum absolute atomic E-state index is 12.5. The number of benzene rings is 1. The second-order valence-electron chi connectivity index (χ2n) is 5.20. The van der Waals surface area contributed by atoms with Crippen molar-refractivity contribution in [3.05, 3.63) is 34.9 Å². The fourth-order valence-electron chi connectivity index (χ4n) is 2.04. The molecule has 1 atom stereocenters. The summed E-state index contributed by atoms with van der Waals surface area (Å²) in [4.78, 5) is 46.5. The van der Waals surface area contributed by atoms with E-state index in [0.717, 1.165) is 5.56 Å². The van der Waals surface area contributed by atoms with Crippen molar-refractivity contribution in [2.45, 2.75) is 32.7 Å². The first-order chi connectivity index (χ1) is 10.4. The van der Waals surface area contributed by atoms with Gasteiger partial charge in [0.15, 0.2) is 6.29 Å². The predicted octanol–water partition coefficient (Wildman–Crippen LogP) is 1.32. The van der Waals surface area contributed by atoms with E-state index in [9.17, 15) is 19.2 Å². The van der Waals surface area contributed by atoms with Gasteiger partial charge in [0.25, 0.3) is 5.91 Å². The fraction of sp³-hybridized carbons (Fsp3) is 0.375. The van der Waals surface area contributed by atoms with Crippen LogP contribution in [0.1, 0.15) is 46.0 Å². The Morgan fingerprint density at radius 2 is 2.00 bits per heavy atom. The summed E-state index contributed by atoms with van der Waals surface area (Å²) in [6.07, 6.45) is 1.57. The van der Waals surface area contributed by atoms with Gasteiger partial charge in [-0.15, -0.1) is 0 Å². The Hall–Kier alpha value is -2.50. The molecule has 0 aliphatic heterocycles. The predicted molar refractivity (Wildman–Crippen MR) is 81.6 cm³/mol. The lowest BCUT2D eigenvalue weighted by atomic mass is 10.0. The molecule has 0 bridgehead atoms. The van der Waals surface area contributed by atoms with Crippen LogP contribution in [0.15, 0.2) is 18.2 Å². The van der Waals surface area contributed by atoms with Gasteiger partial charge >= 0.3 is 0 Å². The lowest BCUT2D eigenvalue weighted by Gasteiger charge is -2.25. The van der Waals surface area contributed by atoms with E-state index >= 15 is 0 Å². The van der Waals surface area contributed by atoms with E-state index in [-0.39, 0.29) is 24.3 Å². The number of nitrogens with zero attached hydrogens (tertiary/aromatic N) is 1. The number of imide groups is 1. The maximum atomic E-state index is 12.5. The standard InChI is InChI=1S/C16H20N2O4/c1-11-4-6-14(13(8-11)9-19)16(22)18(3)12(2)5-7-15(21)17-10-20/h4,6,8-10,12H,5,7H2,1-3H3,(H,17,20,21). The van der Waals surface area contributed by atoms with Crippen LogP contribution < -0.4 is 5.32 Å². The molecule has 1 aromatic carbocycles. The number of aryl methyl sites for hydroxylation is 1. The van der Waals surface area contributed by atoms with Crippen LogP contribution in [0.5, 0.6) is 0 Å². The van der Waals surface area contributed by atoms with Gasteiger partial charge in [0.05, 0.1) is 5.56 Å². The molecule has 1 rings (SSSR count). The molecule has 0 spiro atoms. The molecule has 1 N–H and O–H groups in total. The van der Waals surface area contributed by atoms with Crippen molar-refractivity contribution >= 4 is 24.5 Å². The quantitative estimate of drug-likeness (QED) is 0.770. The summed E-state index contributed by atoms with van der Waals surface area (Å²) < 4.78 is 0. The molecule has 0 heterocycles. The molecule has 118 valence electrons. The summed E-state index contributed by atoms with van der Waals surface area (Å²) in [5.41, 5.74) is 1.59. The number of nitrogens with one attached hydrogen (secondary N) is 1. The number of hydrogen-bond acceptors (Lipinski definition) is 4. The highest BCUT2D eigenvalue weighted by atomic mass is 16.2. The Kier molecular flexibility index (Phi) is 6.44. The van der Waals surface area contributed by atoms with Gasteiger partial charge in [0.1, 0.15) is 0 Å². The molecule has 0 saturated heterocycles. The van der Waals surface area contributed by atoms with Crippen molar-refractivity contribution in [2.24, 2.45) is 0 Å². The number of aldehydes is 1. The van der Waals surface area contributed by atoms with Crippen molar-refractivity contribution in [3.63, 3.8) is 0 Å². The Bertz CT molecular complexity index is 584. The van der Waals surface area contributed by atoms with E-state index in [2.05, 4.69) is 5.32 Å². The Morgan fingerprint density at radius 1 is 1.32 bits per heavy atom. The minimum absolute atomic E-state index is 0.145.